The van der Waals surface area contributed by atoms with Gasteiger partial charge in [0.15, 0.2) is 0 Å². The molecule has 0 spiro atoms. The Kier molecular flexibility index (Phi) is 8.55. The van der Waals surface area contributed by atoms with Crippen molar-refractivity contribution in [3.63, 3.8) is 0 Å². The van der Waals surface area contributed by atoms with Gasteiger partial charge >= 0.3 is 0 Å². The number of aryl methyl sites for hydroxylation is 1. The lowest BCUT2D eigenvalue weighted by Gasteiger charge is -2.14. The number of aliphatic hydroxyl groups excluding tert-OH is 1. The molecule has 2 nitrogen and oxygen atoms in total. The molecule has 0 saturated heterocycles. The van der Waals surface area contributed by atoms with Crippen molar-refractivity contribution >= 4 is 10.8 Å². The lowest BCUT2D eigenvalue weighted by atomic mass is 10.0. The number of unbranched alkanes of at least 4 members (excludes halogenated alkanes) is 2. The second-order valence-corrected chi connectivity index (χ2v) is 6.87. The minimum Gasteiger partial charge on any atom is -0.389 e. The van der Waals surface area contributed by atoms with Crippen LogP contribution in [0.2, 0.25) is 0 Å². The van der Waals surface area contributed by atoms with E-state index in [0.717, 1.165) is 54.6 Å². The summed E-state index contributed by atoms with van der Waals surface area (Å²) in [6, 6.07) is 7.75. The number of benzene rings is 1. The molecule has 0 heterocycles. The number of hydrogen-bond acceptors (Lipinski definition) is 2. The summed E-state index contributed by atoms with van der Waals surface area (Å²) in [5, 5.41) is 12.1. The Morgan fingerprint density at radius 3 is 2.38 bits per heavy atom. The summed E-state index contributed by atoms with van der Waals surface area (Å²) in [4.78, 5) is 0.803. The summed E-state index contributed by atoms with van der Waals surface area (Å²) in [6.45, 7) is 6.27. The van der Waals surface area contributed by atoms with E-state index in [1.54, 1.807) is 5.41 Å². The molecule has 1 aromatic rings. The molecule has 0 aliphatic carbocycles. The maximum Gasteiger partial charge on any atom is 0.0776 e. The van der Waals surface area contributed by atoms with Crippen LogP contribution in [-0.2, 0) is 10.8 Å². The van der Waals surface area contributed by atoms with E-state index in [-0.39, 0.29) is 0 Å². The molecular weight excluding hydrogens is 280 g/mol. The third kappa shape index (κ3) is 6.58. The summed E-state index contributed by atoms with van der Waals surface area (Å²) in [5.41, 5.74) is 2.10. The van der Waals surface area contributed by atoms with Crippen LogP contribution < -0.4 is 0 Å². The summed E-state index contributed by atoms with van der Waals surface area (Å²) < 4.78 is 12.4. The van der Waals surface area contributed by atoms with Gasteiger partial charge in [0, 0.05) is 10.3 Å². The quantitative estimate of drug-likeness (QED) is 0.716. The van der Waals surface area contributed by atoms with E-state index in [1.807, 2.05) is 31.2 Å². The Morgan fingerprint density at radius 1 is 1.19 bits per heavy atom. The highest BCUT2D eigenvalue weighted by atomic mass is 32.2. The van der Waals surface area contributed by atoms with Gasteiger partial charge in [-0.3, -0.25) is 0 Å². The minimum atomic E-state index is -1.17. The summed E-state index contributed by atoms with van der Waals surface area (Å²) >= 11 is 0. The highest BCUT2D eigenvalue weighted by Gasteiger charge is 2.12. The molecule has 1 aromatic carbocycles. The van der Waals surface area contributed by atoms with E-state index in [1.165, 1.54) is 0 Å². The molecule has 0 bridgehead atoms. The molecule has 0 radical (unpaired) electrons. The molecule has 0 aliphatic heterocycles. The zero-order chi connectivity index (χ0) is 15.7. The molecule has 0 fully saturated rings. The average Bonchev–Trinajstić information content (AvgIpc) is 2.49. The zero-order valence-corrected chi connectivity index (χ0v) is 14.3. The van der Waals surface area contributed by atoms with Crippen LogP contribution in [0.3, 0.4) is 0 Å². The van der Waals surface area contributed by atoms with Gasteiger partial charge in [0.25, 0.3) is 0 Å². The monoisotopic (exact) mass is 308 g/mol. The summed E-state index contributed by atoms with van der Waals surface area (Å²) in [6.07, 6.45) is 5.32. The van der Waals surface area contributed by atoms with Crippen LogP contribution in [0.5, 0.6) is 0 Å². The molecule has 0 aromatic heterocycles. The smallest absolute Gasteiger partial charge is 0.0776 e. The van der Waals surface area contributed by atoms with Crippen molar-refractivity contribution in [2.75, 3.05) is 0 Å². The van der Waals surface area contributed by atoms with Crippen molar-refractivity contribution < 1.29 is 9.32 Å². The first-order valence-corrected chi connectivity index (χ1v) is 9.15. The third-order valence-electron chi connectivity index (χ3n) is 3.59. The fourth-order valence-corrected chi connectivity index (χ4v) is 3.24. The standard InChI is InChI=1S/C18H28O2S/c1-4-6-8-16(18(19)9-7-5-2)14-21(20)17-12-10-15(3)11-13-17/h10-14,18-19H,4-9H2,1-3H3/b16-14-/t18-,21-/m1/s1. The Labute approximate surface area is 131 Å². The van der Waals surface area contributed by atoms with Gasteiger partial charge in [-0.05, 0) is 43.9 Å². The maximum absolute atomic E-state index is 12.4. The fourth-order valence-electron chi connectivity index (χ4n) is 2.15. The minimum absolute atomic E-state index is 0.453. The van der Waals surface area contributed by atoms with Crippen LogP contribution in [-0.4, -0.2) is 15.4 Å². The lowest BCUT2D eigenvalue weighted by Crippen LogP contribution is -2.11. The van der Waals surface area contributed by atoms with Crippen LogP contribution in [0.15, 0.2) is 40.1 Å². The first kappa shape index (κ1) is 18.1. The highest BCUT2D eigenvalue weighted by Crippen LogP contribution is 2.20. The van der Waals surface area contributed by atoms with Gasteiger partial charge in [0.05, 0.1) is 16.9 Å². The average molecular weight is 308 g/mol. The van der Waals surface area contributed by atoms with E-state index in [9.17, 15) is 9.32 Å². The third-order valence-corrected chi connectivity index (χ3v) is 4.84. The van der Waals surface area contributed by atoms with Crippen LogP contribution in [0, 0.1) is 6.92 Å². The van der Waals surface area contributed by atoms with Crippen LogP contribution in [0.25, 0.3) is 0 Å². The Morgan fingerprint density at radius 2 is 1.81 bits per heavy atom. The second-order valence-electron chi connectivity index (χ2n) is 5.56. The van der Waals surface area contributed by atoms with Crippen LogP contribution >= 0.6 is 0 Å². The molecule has 21 heavy (non-hydrogen) atoms. The molecule has 0 amide bonds. The van der Waals surface area contributed by atoms with E-state index in [2.05, 4.69) is 13.8 Å². The summed E-state index contributed by atoms with van der Waals surface area (Å²) in [5.74, 6) is 0. The summed E-state index contributed by atoms with van der Waals surface area (Å²) in [7, 11) is -1.17. The lowest BCUT2D eigenvalue weighted by molar-refractivity contribution is 0.192. The van der Waals surface area contributed by atoms with E-state index in [0.29, 0.717) is 0 Å². The predicted molar refractivity (Wildman–Crippen MR) is 90.7 cm³/mol. The predicted octanol–water partition coefficient (Wildman–Crippen LogP) is 4.73. The van der Waals surface area contributed by atoms with Gasteiger partial charge in [-0.1, -0.05) is 50.8 Å². The first-order chi connectivity index (χ1) is 10.1. The molecular formula is C18H28O2S. The number of rotatable bonds is 9. The molecule has 0 aliphatic rings. The zero-order valence-electron chi connectivity index (χ0n) is 13.5. The van der Waals surface area contributed by atoms with Crippen molar-refractivity contribution in [3.8, 4) is 0 Å². The van der Waals surface area contributed by atoms with Gasteiger partial charge in [-0.2, -0.15) is 0 Å². The van der Waals surface area contributed by atoms with E-state index in [4.69, 9.17) is 0 Å². The normalized spacial score (nSPS) is 15.0. The number of hydrogen-bond donors (Lipinski definition) is 1. The Balaban J connectivity index is 2.84. The fraction of sp³-hybridized carbons (Fsp3) is 0.556. The molecule has 1 N–H and O–H groups in total. The van der Waals surface area contributed by atoms with Crippen molar-refractivity contribution in [2.45, 2.75) is 70.3 Å². The van der Waals surface area contributed by atoms with Crippen molar-refractivity contribution in [3.05, 3.63) is 40.8 Å². The maximum atomic E-state index is 12.4. The second kappa shape index (κ2) is 9.91. The highest BCUT2D eigenvalue weighted by molar-refractivity contribution is 7.88. The van der Waals surface area contributed by atoms with Crippen molar-refractivity contribution in [2.24, 2.45) is 0 Å². The van der Waals surface area contributed by atoms with Crippen molar-refractivity contribution in [1.82, 2.24) is 0 Å². The van der Waals surface area contributed by atoms with Gasteiger partial charge in [-0.15, -0.1) is 0 Å². The largest absolute Gasteiger partial charge is 0.389 e. The van der Waals surface area contributed by atoms with E-state index < -0.39 is 16.9 Å². The molecule has 0 unspecified atom stereocenters. The SMILES string of the molecule is CCCC/C(=C/[S@@](=O)c1ccc(C)cc1)[C@H](O)CCCC. The van der Waals surface area contributed by atoms with Gasteiger partial charge < -0.3 is 5.11 Å². The van der Waals surface area contributed by atoms with E-state index >= 15 is 0 Å². The van der Waals surface area contributed by atoms with Gasteiger partial charge in [0.1, 0.15) is 0 Å². The number of aliphatic hydroxyl groups is 1. The van der Waals surface area contributed by atoms with Gasteiger partial charge in [-0.25, -0.2) is 4.21 Å². The molecule has 2 atom stereocenters. The Hall–Kier alpha value is -0.930. The first-order valence-electron chi connectivity index (χ1n) is 7.94. The topological polar surface area (TPSA) is 37.3 Å². The molecule has 0 saturated carbocycles. The van der Waals surface area contributed by atoms with Crippen LogP contribution in [0.4, 0.5) is 0 Å². The molecule has 3 heteroatoms. The Bertz CT molecular complexity index is 463. The molecule has 118 valence electrons. The van der Waals surface area contributed by atoms with Crippen molar-refractivity contribution in [1.29, 1.82) is 0 Å². The molecule has 1 rings (SSSR count). The van der Waals surface area contributed by atoms with Crippen LogP contribution in [0.1, 0.15) is 57.9 Å². The van der Waals surface area contributed by atoms with Gasteiger partial charge in [0.2, 0.25) is 0 Å².